The third-order valence-corrected chi connectivity index (χ3v) is 3.94. The van der Waals surface area contributed by atoms with Crippen LogP contribution in [0.2, 0.25) is 10.0 Å². The Kier molecular flexibility index (Phi) is 5.34. The number of aliphatic hydroxyl groups excluding tert-OH is 1. The molecule has 2 rings (SSSR count). The summed E-state index contributed by atoms with van der Waals surface area (Å²) in [6.45, 7) is 1.94. The number of rotatable bonds is 5. The molecule has 0 spiro atoms. The monoisotopic (exact) mass is 326 g/mol. The van der Waals surface area contributed by atoms with Gasteiger partial charge in [-0.1, -0.05) is 35.3 Å². The smallest absolute Gasteiger partial charge is 0.129 e. The maximum atomic E-state index is 9.80. The van der Waals surface area contributed by atoms with Crippen molar-refractivity contribution in [2.24, 2.45) is 0 Å². The van der Waals surface area contributed by atoms with Crippen LogP contribution in [0.15, 0.2) is 36.4 Å². The van der Waals surface area contributed by atoms with Gasteiger partial charge in [0, 0.05) is 17.2 Å². The summed E-state index contributed by atoms with van der Waals surface area (Å²) in [5.74, 6) is 1.21. The van der Waals surface area contributed by atoms with Crippen molar-refractivity contribution < 1.29 is 14.6 Å². The van der Waals surface area contributed by atoms with Crippen LogP contribution >= 0.6 is 23.2 Å². The van der Waals surface area contributed by atoms with Gasteiger partial charge in [-0.25, -0.2) is 0 Å². The van der Waals surface area contributed by atoms with Crippen LogP contribution in [-0.4, -0.2) is 12.2 Å². The van der Waals surface area contributed by atoms with Crippen molar-refractivity contribution >= 4 is 23.2 Å². The molecular formula is C16H16Cl2O3. The summed E-state index contributed by atoms with van der Waals surface area (Å²) < 4.78 is 11.0. The first-order valence-corrected chi connectivity index (χ1v) is 7.20. The Morgan fingerprint density at radius 2 is 1.95 bits per heavy atom. The number of hydrogen-bond donors (Lipinski definition) is 1. The molecule has 0 amide bonds. The molecule has 0 heterocycles. The zero-order chi connectivity index (χ0) is 15.4. The van der Waals surface area contributed by atoms with Crippen LogP contribution in [0, 0.1) is 0 Å². The first-order chi connectivity index (χ1) is 10.0. The second-order valence-corrected chi connectivity index (χ2v) is 5.37. The van der Waals surface area contributed by atoms with Gasteiger partial charge in [-0.15, -0.1) is 0 Å². The van der Waals surface area contributed by atoms with E-state index in [1.54, 1.807) is 38.3 Å². The van der Waals surface area contributed by atoms with Crippen LogP contribution in [0.25, 0.3) is 0 Å². The maximum Gasteiger partial charge on any atom is 0.129 e. The molecule has 2 aromatic rings. The third-order valence-electron chi connectivity index (χ3n) is 3.09. The fourth-order valence-electron chi connectivity index (χ4n) is 1.93. The minimum Gasteiger partial charge on any atom is -0.497 e. The number of aliphatic hydroxyl groups is 1. The van der Waals surface area contributed by atoms with Crippen molar-refractivity contribution in [3.05, 3.63) is 57.6 Å². The predicted octanol–water partition coefficient (Wildman–Crippen LogP) is 4.63. The van der Waals surface area contributed by atoms with E-state index in [9.17, 15) is 5.11 Å². The molecule has 0 bridgehead atoms. The number of halogens is 2. The summed E-state index contributed by atoms with van der Waals surface area (Å²) in [6.07, 6.45) is -0.638. The lowest BCUT2D eigenvalue weighted by Gasteiger charge is -2.15. The fourth-order valence-corrected chi connectivity index (χ4v) is 2.30. The van der Waals surface area contributed by atoms with Gasteiger partial charge in [0.15, 0.2) is 0 Å². The molecule has 2 aromatic carbocycles. The second-order valence-electron chi connectivity index (χ2n) is 4.58. The van der Waals surface area contributed by atoms with Crippen LogP contribution in [0.1, 0.15) is 24.2 Å². The Morgan fingerprint density at radius 1 is 1.19 bits per heavy atom. The SMILES string of the molecule is COc1ccc(C(C)O)c(OCc2cccc(Cl)c2Cl)c1. The van der Waals surface area contributed by atoms with Gasteiger partial charge in [0.25, 0.3) is 0 Å². The van der Waals surface area contributed by atoms with Crippen molar-refractivity contribution in [2.75, 3.05) is 7.11 Å². The topological polar surface area (TPSA) is 38.7 Å². The molecule has 0 aliphatic heterocycles. The normalized spacial score (nSPS) is 12.0. The zero-order valence-electron chi connectivity index (χ0n) is 11.8. The molecule has 0 radical (unpaired) electrons. The minimum atomic E-state index is -0.638. The number of ether oxygens (including phenoxy) is 2. The molecular weight excluding hydrogens is 311 g/mol. The van der Waals surface area contributed by atoms with Crippen LogP contribution in [0.4, 0.5) is 0 Å². The van der Waals surface area contributed by atoms with Gasteiger partial charge in [0.1, 0.15) is 18.1 Å². The molecule has 5 heteroatoms. The average molecular weight is 327 g/mol. The van der Waals surface area contributed by atoms with Crippen molar-refractivity contribution in [3.8, 4) is 11.5 Å². The number of hydrogen-bond acceptors (Lipinski definition) is 3. The summed E-state index contributed by atoms with van der Waals surface area (Å²) in [5, 5.41) is 10.8. The minimum absolute atomic E-state index is 0.256. The van der Waals surface area contributed by atoms with Gasteiger partial charge in [-0.3, -0.25) is 0 Å². The standard InChI is InChI=1S/C16H16Cl2O3/c1-10(19)13-7-6-12(20-2)8-15(13)21-9-11-4-3-5-14(17)16(11)18/h3-8,10,19H,9H2,1-2H3. The molecule has 1 atom stereocenters. The fraction of sp³-hybridized carbons (Fsp3) is 0.250. The molecule has 0 aliphatic rings. The molecule has 1 unspecified atom stereocenters. The molecule has 0 aromatic heterocycles. The molecule has 1 N–H and O–H groups in total. The lowest BCUT2D eigenvalue weighted by molar-refractivity contribution is 0.190. The molecule has 0 saturated heterocycles. The van der Waals surface area contributed by atoms with E-state index in [1.165, 1.54) is 0 Å². The van der Waals surface area contributed by atoms with Crippen molar-refractivity contribution in [1.82, 2.24) is 0 Å². The molecule has 0 fully saturated rings. The highest BCUT2D eigenvalue weighted by atomic mass is 35.5. The molecule has 21 heavy (non-hydrogen) atoms. The quantitative estimate of drug-likeness (QED) is 0.870. The van der Waals surface area contributed by atoms with Crippen LogP contribution < -0.4 is 9.47 Å². The Labute approximate surface area is 134 Å². The zero-order valence-corrected chi connectivity index (χ0v) is 13.3. The van der Waals surface area contributed by atoms with E-state index >= 15 is 0 Å². The van der Waals surface area contributed by atoms with E-state index in [-0.39, 0.29) is 6.61 Å². The maximum absolute atomic E-state index is 9.80. The highest BCUT2D eigenvalue weighted by Crippen LogP contribution is 2.31. The van der Waals surface area contributed by atoms with Crippen molar-refractivity contribution in [2.45, 2.75) is 19.6 Å². The Morgan fingerprint density at radius 3 is 2.62 bits per heavy atom. The van der Waals surface area contributed by atoms with Crippen LogP contribution in [0.5, 0.6) is 11.5 Å². The van der Waals surface area contributed by atoms with Gasteiger partial charge < -0.3 is 14.6 Å². The molecule has 112 valence electrons. The van der Waals surface area contributed by atoms with E-state index in [2.05, 4.69) is 0 Å². The van der Waals surface area contributed by atoms with E-state index in [0.717, 1.165) is 5.56 Å². The summed E-state index contributed by atoms with van der Waals surface area (Å²) in [6, 6.07) is 10.7. The van der Waals surface area contributed by atoms with E-state index in [1.807, 2.05) is 12.1 Å². The third kappa shape index (κ3) is 3.82. The van der Waals surface area contributed by atoms with Gasteiger partial charge in [0.2, 0.25) is 0 Å². The Hall–Kier alpha value is -1.42. The lowest BCUT2D eigenvalue weighted by Crippen LogP contribution is -2.02. The number of benzene rings is 2. The van der Waals surface area contributed by atoms with Gasteiger partial charge in [0.05, 0.1) is 23.3 Å². The summed E-state index contributed by atoms with van der Waals surface area (Å²) in [4.78, 5) is 0. The van der Waals surface area contributed by atoms with Gasteiger partial charge in [-0.05, 0) is 25.1 Å². The molecule has 0 aliphatic carbocycles. The van der Waals surface area contributed by atoms with E-state index in [0.29, 0.717) is 27.1 Å². The highest BCUT2D eigenvalue weighted by Gasteiger charge is 2.12. The lowest BCUT2D eigenvalue weighted by atomic mass is 10.1. The number of methoxy groups -OCH3 is 1. The van der Waals surface area contributed by atoms with Gasteiger partial charge in [-0.2, -0.15) is 0 Å². The Bertz CT molecular complexity index is 627. The van der Waals surface area contributed by atoms with Crippen LogP contribution in [0.3, 0.4) is 0 Å². The molecule has 0 saturated carbocycles. The van der Waals surface area contributed by atoms with E-state index in [4.69, 9.17) is 32.7 Å². The largest absolute Gasteiger partial charge is 0.497 e. The highest BCUT2D eigenvalue weighted by molar-refractivity contribution is 6.42. The Balaban J connectivity index is 2.24. The summed E-state index contributed by atoms with van der Waals surface area (Å²) in [7, 11) is 1.58. The predicted molar refractivity (Wildman–Crippen MR) is 84.4 cm³/mol. The summed E-state index contributed by atoms with van der Waals surface area (Å²) in [5.41, 5.74) is 1.47. The molecule has 3 nitrogen and oxygen atoms in total. The van der Waals surface area contributed by atoms with Gasteiger partial charge >= 0.3 is 0 Å². The van der Waals surface area contributed by atoms with Crippen molar-refractivity contribution in [1.29, 1.82) is 0 Å². The first kappa shape index (κ1) is 16.0. The van der Waals surface area contributed by atoms with E-state index < -0.39 is 6.10 Å². The first-order valence-electron chi connectivity index (χ1n) is 6.44. The van der Waals surface area contributed by atoms with Crippen LogP contribution in [-0.2, 0) is 6.61 Å². The van der Waals surface area contributed by atoms with Crippen molar-refractivity contribution in [3.63, 3.8) is 0 Å². The average Bonchev–Trinajstić information content (AvgIpc) is 2.48. The summed E-state index contributed by atoms with van der Waals surface area (Å²) >= 11 is 12.1. The second kappa shape index (κ2) is 7.03.